The number of hydrogen-bond acceptors (Lipinski definition) is 9. The van der Waals surface area contributed by atoms with Crippen LogP contribution in [0.3, 0.4) is 0 Å². The Morgan fingerprint density at radius 1 is 1.30 bits per heavy atom. The van der Waals surface area contributed by atoms with E-state index >= 15 is 0 Å². The van der Waals surface area contributed by atoms with Crippen LogP contribution in [0.15, 0.2) is 30.6 Å². The van der Waals surface area contributed by atoms with Crippen LogP contribution in [0.4, 0.5) is 21.7 Å². The monoisotopic (exact) mass is 508 g/mol. The molecule has 0 unspecified atom stereocenters. The molecule has 192 valence electrons. The fourth-order valence-electron chi connectivity index (χ4n) is 4.41. The minimum absolute atomic E-state index is 0.0232. The highest BCUT2D eigenvalue weighted by molar-refractivity contribution is 6.01. The number of hydrogen-bond donors (Lipinski definition) is 2. The molecule has 1 saturated heterocycles. The normalized spacial score (nSPS) is 19.9. The van der Waals surface area contributed by atoms with Gasteiger partial charge in [0.15, 0.2) is 23.1 Å². The van der Waals surface area contributed by atoms with E-state index < -0.39 is 18.7 Å². The summed E-state index contributed by atoms with van der Waals surface area (Å²) in [7, 11) is 0. The third-order valence-corrected chi connectivity index (χ3v) is 6.70. The molecule has 2 aliphatic rings. The molecule has 37 heavy (non-hydrogen) atoms. The lowest BCUT2D eigenvalue weighted by molar-refractivity contribution is -0.117. The molecule has 1 aliphatic carbocycles. The van der Waals surface area contributed by atoms with Crippen LogP contribution in [-0.4, -0.2) is 74.1 Å². The van der Waals surface area contributed by atoms with Crippen molar-refractivity contribution >= 4 is 39.8 Å². The molecule has 0 spiro atoms. The molecule has 1 amide bonds. The van der Waals surface area contributed by atoms with E-state index in [4.69, 9.17) is 8.85 Å². The van der Waals surface area contributed by atoms with Gasteiger partial charge in [0.05, 0.1) is 18.5 Å². The topological polar surface area (TPSA) is 122 Å². The van der Waals surface area contributed by atoms with Gasteiger partial charge in [-0.05, 0) is 44.9 Å². The summed E-state index contributed by atoms with van der Waals surface area (Å²) in [4.78, 5) is 23.3. The number of ether oxygens (including phenoxy) is 1. The van der Waals surface area contributed by atoms with Crippen molar-refractivity contribution in [2.24, 2.45) is 5.92 Å². The van der Waals surface area contributed by atoms with Crippen molar-refractivity contribution in [3.8, 4) is 11.4 Å². The van der Waals surface area contributed by atoms with Crippen LogP contribution < -0.4 is 15.5 Å². The molecule has 1 atom stereocenters. The molecule has 4 aromatic heterocycles. The van der Waals surface area contributed by atoms with Gasteiger partial charge in [-0.25, -0.2) is 18.9 Å². The van der Waals surface area contributed by atoms with E-state index in [9.17, 15) is 9.18 Å². The number of carbonyl (C=O) groups is 1. The molecular formula is C25H28FN9O2. The molecule has 0 bridgehead atoms. The fraction of sp³-hybridized carbons (Fsp3) is 0.440. The van der Waals surface area contributed by atoms with Gasteiger partial charge in [-0.1, -0.05) is 0 Å². The number of morpholine rings is 1. The Kier molecular flexibility index (Phi) is 4.84. The Hall–Kier alpha value is -3.93. The maximum absolute atomic E-state index is 14.5. The number of nitrogens with zero attached hydrogens (tertiary/aromatic N) is 7. The van der Waals surface area contributed by atoms with E-state index in [0.717, 1.165) is 18.5 Å². The van der Waals surface area contributed by atoms with Crippen LogP contribution in [0.25, 0.3) is 27.9 Å². The van der Waals surface area contributed by atoms with E-state index in [0.29, 0.717) is 42.1 Å². The summed E-state index contributed by atoms with van der Waals surface area (Å²) in [6.07, 6.45) is 4.40. The highest BCUT2D eigenvalue weighted by Crippen LogP contribution is 2.33. The third-order valence-electron chi connectivity index (χ3n) is 6.70. The average molecular weight is 509 g/mol. The molecule has 4 aromatic rings. The maximum atomic E-state index is 14.5. The Morgan fingerprint density at radius 2 is 2.16 bits per heavy atom. The number of amides is 1. The largest absolute Gasteiger partial charge is 0.371 e. The van der Waals surface area contributed by atoms with E-state index in [1.54, 1.807) is 10.6 Å². The summed E-state index contributed by atoms with van der Waals surface area (Å²) >= 11 is 0. The van der Waals surface area contributed by atoms with Crippen LogP contribution >= 0.6 is 0 Å². The standard InChI is InChI=1S/C25H28FN9O2/c1-25(2,26)18-13-34(8-9-37-18)15-6-7-20-30-22(33-35(20)12-15)17-11-28-23(27-3)21-16(17)10-19(31-32-21)29-24(36)14-4-5-14/h6-7,10-12,14,18H,4-5,8-9,13H2,1-3H3,(H,27,28)(H,29,31,36)/t18-/m0/s1/i3D3. The van der Waals surface area contributed by atoms with Crippen LogP contribution in [0, 0.1) is 5.92 Å². The summed E-state index contributed by atoms with van der Waals surface area (Å²) < 4.78 is 44.6. The van der Waals surface area contributed by atoms with E-state index in [-0.39, 0.29) is 29.0 Å². The minimum Gasteiger partial charge on any atom is -0.371 e. The van der Waals surface area contributed by atoms with Crippen molar-refractivity contribution in [2.45, 2.75) is 38.5 Å². The second-order valence-electron chi connectivity index (χ2n) is 9.90. The first-order chi connectivity index (χ1) is 18.9. The maximum Gasteiger partial charge on any atom is 0.228 e. The van der Waals surface area contributed by atoms with E-state index in [1.807, 2.05) is 23.2 Å². The number of anilines is 3. The highest BCUT2D eigenvalue weighted by Gasteiger charge is 2.34. The van der Waals surface area contributed by atoms with Gasteiger partial charge in [0.2, 0.25) is 5.91 Å². The first-order valence-electron chi connectivity index (χ1n) is 13.6. The highest BCUT2D eigenvalue weighted by atomic mass is 19.1. The fourth-order valence-corrected chi connectivity index (χ4v) is 4.41. The van der Waals surface area contributed by atoms with Crippen molar-refractivity contribution in [3.05, 3.63) is 30.6 Å². The van der Waals surface area contributed by atoms with E-state index in [1.165, 1.54) is 20.0 Å². The Labute approximate surface area is 216 Å². The van der Waals surface area contributed by atoms with Crippen molar-refractivity contribution in [3.63, 3.8) is 0 Å². The summed E-state index contributed by atoms with van der Waals surface area (Å²) in [6, 6.07) is 5.34. The lowest BCUT2D eigenvalue weighted by Crippen LogP contribution is -2.50. The molecule has 12 heteroatoms. The van der Waals surface area contributed by atoms with E-state index in [2.05, 4.69) is 35.9 Å². The van der Waals surface area contributed by atoms with Crippen LogP contribution in [0.5, 0.6) is 0 Å². The number of carbonyl (C=O) groups excluding carboxylic acids is 1. The molecular weight excluding hydrogens is 477 g/mol. The number of alkyl halides is 1. The Balaban J connectivity index is 1.38. The zero-order valence-electron chi connectivity index (χ0n) is 23.4. The number of aromatic nitrogens is 6. The van der Waals surface area contributed by atoms with Gasteiger partial charge in [-0.15, -0.1) is 15.3 Å². The summed E-state index contributed by atoms with van der Waals surface area (Å²) in [5.74, 6) is 0.418. The molecule has 2 fully saturated rings. The second-order valence-corrected chi connectivity index (χ2v) is 9.90. The summed E-state index contributed by atoms with van der Waals surface area (Å²) in [6.45, 7) is 1.94. The Morgan fingerprint density at radius 3 is 2.95 bits per heavy atom. The smallest absolute Gasteiger partial charge is 0.228 e. The SMILES string of the molecule is [2H]C([2H])([2H])Nc1ncc(-c2nc3ccc(N4CCO[C@H](C(C)(C)F)C4)cn3n2)c2cc(NC(=O)C3CC3)nnc12. The van der Waals surface area contributed by atoms with Gasteiger partial charge in [0, 0.05) is 47.2 Å². The van der Waals surface area contributed by atoms with Gasteiger partial charge in [-0.2, -0.15) is 0 Å². The van der Waals surface area contributed by atoms with Gasteiger partial charge in [0.25, 0.3) is 0 Å². The van der Waals surface area contributed by atoms with Crippen molar-refractivity contribution < 1.29 is 18.0 Å². The number of rotatable bonds is 6. The molecule has 0 radical (unpaired) electrons. The zero-order valence-corrected chi connectivity index (χ0v) is 20.4. The predicted octanol–water partition coefficient (Wildman–Crippen LogP) is 3.08. The van der Waals surface area contributed by atoms with Crippen LogP contribution in [0.1, 0.15) is 30.8 Å². The lowest BCUT2D eigenvalue weighted by Gasteiger charge is -2.38. The molecule has 5 heterocycles. The summed E-state index contributed by atoms with van der Waals surface area (Å²) in [5, 5.41) is 18.6. The van der Waals surface area contributed by atoms with Gasteiger partial charge >= 0.3 is 0 Å². The lowest BCUT2D eigenvalue weighted by atomic mass is 10.0. The number of pyridine rings is 2. The first-order valence-corrected chi connectivity index (χ1v) is 12.1. The molecule has 1 aliphatic heterocycles. The summed E-state index contributed by atoms with van der Waals surface area (Å²) in [5.41, 5.74) is 0.622. The minimum atomic E-state index is -2.50. The zero-order chi connectivity index (χ0) is 28.2. The molecule has 1 saturated carbocycles. The van der Waals surface area contributed by atoms with Crippen molar-refractivity contribution in [1.29, 1.82) is 0 Å². The van der Waals surface area contributed by atoms with Crippen molar-refractivity contribution in [2.75, 3.05) is 42.2 Å². The molecule has 0 aromatic carbocycles. The quantitative estimate of drug-likeness (QED) is 0.404. The number of nitrogens with one attached hydrogen (secondary N) is 2. The Bertz CT molecular complexity index is 1600. The third kappa shape index (κ3) is 4.52. The van der Waals surface area contributed by atoms with Crippen LogP contribution in [0.2, 0.25) is 0 Å². The predicted molar refractivity (Wildman–Crippen MR) is 137 cm³/mol. The second kappa shape index (κ2) is 8.87. The van der Waals surface area contributed by atoms with Gasteiger partial charge in [-0.3, -0.25) is 4.79 Å². The number of halogens is 1. The first kappa shape index (κ1) is 20.2. The molecule has 6 rings (SSSR count). The number of fused-ring (bicyclic) bond motifs is 2. The van der Waals surface area contributed by atoms with Gasteiger partial charge < -0.3 is 20.3 Å². The molecule has 2 N–H and O–H groups in total. The van der Waals surface area contributed by atoms with Crippen LogP contribution in [-0.2, 0) is 9.53 Å². The average Bonchev–Trinajstić information content (AvgIpc) is 3.66. The molecule has 11 nitrogen and oxygen atoms in total. The van der Waals surface area contributed by atoms with Crippen molar-refractivity contribution in [1.82, 2.24) is 29.8 Å². The van der Waals surface area contributed by atoms with Gasteiger partial charge in [0.1, 0.15) is 17.3 Å².